The van der Waals surface area contributed by atoms with E-state index in [1.807, 2.05) is 45.0 Å². The van der Waals surface area contributed by atoms with Crippen molar-refractivity contribution in [2.75, 3.05) is 5.32 Å². The first-order valence-electron chi connectivity index (χ1n) is 6.40. The number of hydrogen-bond acceptors (Lipinski definition) is 2. The molecule has 3 nitrogen and oxygen atoms in total. The molecule has 0 aliphatic carbocycles. The summed E-state index contributed by atoms with van der Waals surface area (Å²) in [6.45, 7) is 5.64. The highest BCUT2D eigenvalue weighted by Gasteiger charge is 2.30. The molecule has 2 rings (SSSR count). The van der Waals surface area contributed by atoms with E-state index in [9.17, 15) is 4.79 Å². The number of benzene rings is 1. The quantitative estimate of drug-likeness (QED) is 0.929. The molecule has 0 spiro atoms. The third kappa shape index (κ3) is 3.17. The Morgan fingerprint density at radius 3 is 2.65 bits per heavy atom. The van der Waals surface area contributed by atoms with Gasteiger partial charge in [0.05, 0.1) is 5.41 Å². The molecule has 0 aliphatic rings. The Balaban J connectivity index is 2.23. The van der Waals surface area contributed by atoms with Crippen molar-refractivity contribution in [2.45, 2.75) is 26.2 Å². The highest BCUT2D eigenvalue weighted by Crippen LogP contribution is 2.27. The van der Waals surface area contributed by atoms with Gasteiger partial charge in [0, 0.05) is 22.6 Å². The van der Waals surface area contributed by atoms with Gasteiger partial charge in [-0.3, -0.25) is 9.78 Å². The molecule has 1 N–H and O–H groups in total. The summed E-state index contributed by atoms with van der Waals surface area (Å²) in [6, 6.07) is 11.0. The minimum absolute atomic E-state index is 0.0784. The SMILES string of the molecule is Cc1cc(NC(=O)C(C)(C)c2cccc(Cl)c2)ccn1. The Morgan fingerprint density at radius 1 is 1.25 bits per heavy atom. The number of carbonyl (C=O) groups is 1. The van der Waals surface area contributed by atoms with Gasteiger partial charge in [-0.25, -0.2) is 0 Å². The Labute approximate surface area is 124 Å². The van der Waals surface area contributed by atoms with Gasteiger partial charge in [0.25, 0.3) is 0 Å². The average Bonchev–Trinajstić information content (AvgIpc) is 2.38. The third-order valence-electron chi connectivity index (χ3n) is 3.27. The van der Waals surface area contributed by atoms with Gasteiger partial charge in [-0.05, 0) is 50.6 Å². The van der Waals surface area contributed by atoms with Crippen LogP contribution in [0.2, 0.25) is 5.02 Å². The minimum Gasteiger partial charge on any atom is -0.325 e. The van der Waals surface area contributed by atoms with Gasteiger partial charge in [-0.1, -0.05) is 23.7 Å². The number of amides is 1. The van der Waals surface area contributed by atoms with Gasteiger partial charge < -0.3 is 5.32 Å². The summed E-state index contributed by atoms with van der Waals surface area (Å²) in [4.78, 5) is 16.6. The summed E-state index contributed by atoms with van der Waals surface area (Å²) in [6.07, 6.45) is 1.68. The zero-order valence-electron chi connectivity index (χ0n) is 11.8. The first-order valence-corrected chi connectivity index (χ1v) is 6.77. The van der Waals surface area contributed by atoms with E-state index < -0.39 is 5.41 Å². The summed E-state index contributed by atoms with van der Waals surface area (Å²) in [5.41, 5.74) is 1.83. The van der Waals surface area contributed by atoms with E-state index in [-0.39, 0.29) is 5.91 Å². The number of nitrogens with zero attached hydrogens (tertiary/aromatic N) is 1. The molecule has 0 saturated heterocycles. The van der Waals surface area contributed by atoms with Crippen molar-refractivity contribution in [3.8, 4) is 0 Å². The summed E-state index contributed by atoms with van der Waals surface area (Å²) >= 11 is 6.00. The average molecular weight is 289 g/mol. The van der Waals surface area contributed by atoms with Crippen LogP contribution in [0.1, 0.15) is 25.1 Å². The molecule has 1 aromatic carbocycles. The number of aromatic nitrogens is 1. The Hall–Kier alpha value is -1.87. The lowest BCUT2D eigenvalue weighted by atomic mass is 9.83. The van der Waals surface area contributed by atoms with Gasteiger partial charge in [0.1, 0.15) is 0 Å². The number of aryl methyl sites for hydroxylation is 1. The third-order valence-corrected chi connectivity index (χ3v) is 3.50. The van der Waals surface area contributed by atoms with Crippen LogP contribution < -0.4 is 5.32 Å². The number of carbonyl (C=O) groups excluding carboxylic acids is 1. The molecule has 0 atom stereocenters. The fourth-order valence-electron chi connectivity index (χ4n) is 1.92. The number of hydrogen-bond donors (Lipinski definition) is 1. The zero-order valence-corrected chi connectivity index (χ0v) is 12.5. The Bertz CT molecular complexity index is 638. The van der Waals surface area contributed by atoms with Gasteiger partial charge in [-0.2, -0.15) is 0 Å². The lowest BCUT2D eigenvalue weighted by Gasteiger charge is -2.24. The van der Waals surface area contributed by atoms with E-state index in [1.54, 1.807) is 18.3 Å². The van der Waals surface area contributed by atoms with E-state index in [2.05, 4.69) is 10.3 Å². The van der Waals surface area contributed by atoms with Crippen LogP contribution in [0, 0.1) is 6.92 Å². The van der Waals surface area contributed by atoms with E-state index in [0.717, 1.165) is 16.9 Å². The van der Waals surface area contributed by atoms with Crippen LogP contribution in [0.3, 0.4) is 0 Å². The molecule has 0 aliphatic heterocycles. The maximum Gasteiger partial charge on any atom is 0.234 e. The lowest BCUT2D eigenvalue weighted by Crippen LogP contribution is -2.34. The number of pyridine rings is 1. The normalized spacial score (nSPS) is 11.2. The fourth-order valence-corrected chi connectivity index (χ4v) is 2.11. The predicted octanol–water partition coefficient (Wildman–Crippen LogP) is 3.96. The van der Waals surface area contributed by atoms with E-state index in [0.29, 0.717) is 5.02 Å². The van der Waals surface area contributed by atoms with Crippen LogP contribution in [0.15, 0.2) is 42.6 Å². The molecule has 0 radical (unpaired) electrons. The van der Waals surface area contributed by atoms with Crippen LogP contribution >= 0.6 is 11.6 Å². The van der Waals surface area contributed by atoms with Crippen molar-refractivity contribution < 1.29 is 4.79 Å². The van der Waals surface area contributed by atoms with Crippen LogP contribution in [-0.4, -0.2) is 10.9 Å². The summed E-state index contributed by atoms with van der Waals surface area (Å²) in [5.74, 6) is -0.0784. The molecule has 0 unspecified atom stereocenters. The highest BCUT2D eigenvalue weighted by molar-refractivity contribution is 6.30. The second kappa shape index (κ2) is 5.63. The molecule has 1 amide bonds. The van der Waals surface area contributed by atoms with E-state index in [4.69, 9.17) is 11.6 Å². The topological polar surface area (TPSA) is 42.0 Å². The Kier molecular flexibility index (Phi) is 4.09. The first kappa shape index (κ1) is 14.5. The highest BCUT2D eigenvalue weighted by atomic mass is 35.5. The summed E-state index contributed by atoms with van der Waals surface area (Å²) < 4.78 is 0. The van der Waals surface area contributed by atoms with Gasteiger partial charge in [-0.15, -0.1) is 0 Å². The minimum atomic E-state index is -0.665. The van der Waals surface area contributed by atoms with Crippen molar-refractivity contribution in [2.24, 2.45) is 0 Å². The monoisotopic (exact) mass is 288 g/mol. The Morgan fingerprint density at radius 2 is 2.00 bits per heavy atom. The number of nitrogens with one attached hydrogen (secondary N) is 1. The predicted molar refractivity (Wildman–Crippen MR) is 82.1 cm³/mol. The molecule has 0 bridgehead atoms. The standard InChI is InChI=1S/C16H17ClN2O/c1-11-9-14(7-8-18-11)19-15(20)16(2,3)12-5-4-6-13(17)10-12/h4-10H,1-3H3,(H,18,19,20). The molecule has 1 aromatic heterocycles. The maximum atomic E-state index is 12.5. The summed E-state index contributed by atoms with van der Waals surface area (Å²) in [7, 11) is 0. The smallest absolute Gasteiger partial charge is 0.234 e. The second-order valence-corrected chi connectivity index (χ2v) is 5.71. The molecule has 0 fully saturated rings. The molecule has 104 valence electrons. The molecular weight excluding hydrogens is 272 g/mol. The first-order chi connectivity index (χ1) is 9.39. The van der Waals surface area contributed by atoms with E-state index in [1.165, 1.54) is 0 Å². The molecule has 2 aromatic rings. The number of rotatable bonds is 3. The molecule has 1 heterocycles. The lowest BCUT2D eigenvalue weighted by molar-refractivity contribution is -0.120. The van der Waals surface area contributed by atoms with Crippen LogP contribution in [0.4, 0.5) is 5.69 Å². The largest absolute Gasteiger partial charge is 0.325 e. The molecule has 0 saturated carbocycles. The number of anilines is 1. The fraction of sp³-hybridized carbons (Fsp3) is 0.250. The second-order valence-electron chi connectivity index (χ2n) is 5.28. The molecule has 20 heavy (non-hydrogen) atoms. The molecular formula is C16H17ClN2O. The van der Waals surface area contributed by atoms with Gasteiger partial charge in [0.15, 0.2) is 0 Å². The number of halogens is 1. The van der Waals surface area contributed by atoms with Crippen molar-refractivity contribution in [1.82, 2.24) is 4.98 Å². The van der Waals surface area contributed by atoms with Crippen molar-refractivity contribution in [3.63, 3.8) is 0 Å². The molecule has 4 heteroatoms. The van der Waals surface area contributed by atoms with Crippen molar-refractivity contribution in [1.29, 1.82) is 0 Å². The van der Waals surface area contributed by atoms with E-state index >= 15 is 0 Å². The van der Waals surface area contributed by atoms with Gasteiger partial charge in [0.2, 0.25) is 5.91 Å². The maximum absolute atomic E-state index is 12.5. The van der Waals surface area contributed by atoms with Crippen LogP contribution in [-0.2, 0) is 10.2 Å². The summed E-state index contributed by atoms with van der Waals surface area (Å²) in [5, 5.41) is 3.55. The van der Waals surface area contributed by atoms with Crippen molar-refractivity contribution >= 4 is 23.2 Å². The zero-order chi connectivity index (χ0) is 14.8. The van der Waals surface area contributed by atoms with Crippen molar-refractivity contribution in [3.05, 3.63) is 58.9 Å². The van der Waals surface area contributed by atoms with Gasteiger partial charge >= 0.3 is 0 Å². The van der Waals surface area contributed by atoms with Crippen LogP contribution in [0.25, 0.3) is 0 Å². The van der Waals surface area contributed by atoms with Crippen LogP contribution in [0.5, 0.6) is 0 Å².